The number of carbonyl (C=O) groups excluding carboxylic acids is 1. The van der Waals surface area contributed by atoms with Gasteiger partial charge >= 0.3 is 0 Å². The van der Waals surface area contributed by atoms with Crippen LogP contribution in [0, 0.1) is 0 Å². The number of halogens is 2. The van der Waals surface area contributed by atoms with Crippen LogP contribution in [0.25, 0.3) is 0 Å². The summed E-state index contributed by atoms with van der Waals surface area (Å²) in [6, 6.07) is 6.50. The molecular weight excluding hydrogens is 242 g/mol. The molecule has 0 fully saturated rings. The molecule has 100 valence electrons. The molecule has 0 unspecified atom stereocenters. The van der Waals surface area contributed by atoms with E-state index >= 15 is 0 Å². The van der Waals surface area contributed by atoms with Gasteiger partial charge in [-0.25, -0.2) is 8.78 Å². The van der Waals surface area contributed by atoms with Crippen LogP contribution in [0.5, 0.6) is 0 Å². The van der Waals surface area contributed by atoms with Gasteiger partial charge in [0.2, 0.25) is 5.91 Å². The summed E-state index contributed by atoms with van der Waals surface area (Å²) in [5, 5.41) is 8.81. The van der Waals surface area contributed by atoms with E-state index < -0.39 is 18.9 Å². The molecule has 0 saturated carbocycles. The third-order valence-electron chi connectivity index (χ3n) is 2.43. The van der Waals surface area contributed by atoms with Gasteiger partial charge in [0.05, 0.1) is 13.2 Å². The van der Waals surface area contributed by atoms with Gasteiger partial charge in [-0.15, -0.1) is 0 Å². The van der Waals surface area contributed by atoms with E-state index in [-0.39, 0.29) is 19.7 Å². The first kappa shape index (κ1) is 14.5. The highest BCUT2D eigenvalue weighted by molar-refractivity contribution is 5.92. The molecule has 3 N–H and O–H groups in total. The van der Waals surface area contributed by atoms with Crippen molar-refractivity contribution in [3.63, 3.8) is 0 Å². The van der Waals surface area contributed by atoms with Crippen LogP contribution in [0.1, 0.15) is 15.9 Å². The first-order valence-electron chi connectivity index (χ1n) is 5.53. The Morgan fingerprint density at radius 3 is 2.72 bits per heavy atom. The molecule has 0 aliphatic heterocycles. The molecular formula is C12H16F2N2O2. The molecule has 18 heavy (non-hydrogen) atoms. The van der Waals surface area contributed by atoms with Crippen molar-refractivity contribution in [3.8, 4) is 0 Å². The predicted octanol–water partition coefficient (Wildman–Crippen LogP) is 0.845. The van der Waals surface area contributed by atoms with Crippen LogP contribution in [-0.2, 0) is 6.54 Å². The lowest BCUT2D eigenvalue weighted by atomic mass is 10.1. The van der Waals surface area contributed by atoms with Gasteiger partial charge in [0.1, 0.15) is 0 Å². The molecule has 1 aromatic rings. The molecule has 6 heteroatoms. The highest BCUT2D eigenvalue weighted by atomic mass is 19.3. The van der Waals surface area contributed by atoms with E-state index in [0.29, 0.717) is 11.1 Å². The van der Waals surface area contributed by atoms with Crippen LogP contribution < -0.4 is 5.73 Å². The van der Waals surface area contributed by atoms with Crippen LogP contribution in [0.2, 0.25) is 0 Å². The molecule has 1 amide bonds. The van der Waals surface area contributed by atoms with Gasteiger partial charge < -0.3 is 10.8 Å². The zero-order valence-electron chi connectivity index (χ0n) is 9.85. The lowest BCUT2D eigenvalue weighted by Crippen LogP contribution is -2.31. The van der Waals surface area contributed by atoms with Crippen molar-refractivity contribution >= 4 is 5.91 Å². The summed E-state index contributed by atoms with van der Waals surface area (Å²) < 4.78 is 24.6. The number of benzene rings is 1. The summed E-state index contributed by atoms with van der Waals surface area (Å²) in [6.45, 7) is -0.208. The van der Waals surface area contributed by atoms with E-state index in [2.05, 4.69) is 0 Å². The number of hydrogen-bond donors (Lipinski definition) is 2. The second-order valence-electron chi connectivity index (χ2n) is 3.91. The molecule has 0 aliphatic carbocycles. The molecule has 0 aromatic heterocycles. The topological polar surface area (TPSA) is 66.6 Å². The molecule has 1 rings (SSSR count). The molecule has 4 nitrogen and oxygen atoms in total. The molecule has 0 heterocycles. The zero-order chi connectivity index (χ0) is 13.5. The number of rotatable bonds is 7. The maximum Gasteiger partial charge on any atom is 0.251 e. The maximum atomic E-state index is 12.3. The Morgan fingerprint density at radius 1 is 1.44 bits per heavy atom. The van der Waals surface area contributed by atoms with E-state index in [0.717, 1.165) is 0 Å². The Labute approximate surface area is 104 Å². The maximum absolute atomic E-state index is 12.3. The fourth-order valence-corrected chi connectivity index (χ4v) is 1.65. The van der Waals surface area contributed by atoms with Crippen LogP contribution in [0.3, 0.4) is 0 Å². The summed E-state index contributed by atoms with van der Waals surface area (Å²) in [5.74, 6) is -0.556. The van der Waals surface area contributed by atoms with E-state index in [9.17, 15) is 13.6 Å². The number of aliphatic hydroxyl groups is 1. The number of primary amides is 1. The van der Waals surface area contributed by atoms with Crippen LogP contribution in [0.4, 0.5) is 8.78 Å². The number of carbonyl (C=O) groups is 1. The van der Waals surface area contributed by atoms with Gasteiger partial charge in [-0.05, 0) is 17.7 Å². The van der Waals surface area contributed by atoms with Crippen molar-refractivity contribution in [1.82, 2.24) is 4.90 Å². The van der Waals surface area contributed by atoms with Crippen molar-refractivity contribution < 1.29 is 18.7 Å². The minimum atomic E-state index is -2.46. The number of hydrogen-bond acceptors (Lipinski definition) is 3. The molecule has 0 atom stereocenters. The van der Waals surface area contributed by atoms with E-state index in [1.54, 1.807) is 24.3 Å². The van der Waals surface area contributed by atoms with Gasteiger partial charge in [0, 0.05) is 18.7 Å². The monoisotopic (exact) mass is 258 g/mol. The average molecular weight is 258 g/mol. The lowest BCUT2D eigenvalue weighted by molar-refractivity contribution is 0.0746. The van der Waals surface area contributed by atoms with Gasteiger partial charge in [0.15, 0.2) is 0 Å². The van der Waals surface area contributed by atoms with Crippen LogP contribution >= 0.6 is 0 Å². The third kappa shape index (κ3) is 4.77. The smallest absolute Gasteiger partial charge is 0.251 e. The standard InChI is InChI=1S/C12H16F2N2O2/c13-11(14)8-16(4-5-17)7-9-2-1-3-10(6-9)12(15)18/h1-3,6,11,17H,4-5,7-8H2,(H2,15,18). The minimum absolute atomic E-state index is 0.158. The fourth-order valence-electron chi connectivity index (χ4n) is 1.65. The van der Waals surface area contributed by atoms with Crippen molar-refractivity contribution in [2.24, 2.45) is 5.73 Å². The Kier molecular flexibility index (Phi) is 5.67. The summed E-state index contributed by atoms with van der Waals surface area (Å²) in [6.07, 6.45) is -2.46. The number of nitrogens with two attached hydrogens (primary N) is 1. The van der Waals surface area contributed by atoms with Gasteiger partial charge in [-0.3, -0.25) is 9.69 Å². The number of amides is 1. The van der Waals surface area contributed by atoms with Crippen LogP contribution in [-0.4, -0.2) is 42.0 Å². The normalized spacial score (nSPS) is 11.2. The molecule has 0 bridgehead atoms. The largest absolute Gasteiger partial charge is 0.395 e. The third-order valence-corrected chi connectivity index (χ3v) is 2.43. The predicted molar refractivity (Wildman–Crippen MR) is 63.3 cm³/mol. The fraction of sp³-hybridized carbons (Fsp3) is 0.417. The summed E-state index contributed by atoms with van der Waals surface area (Å²) in [7, 11) is 0. The summed E-state index contributed by atoms with van der Waals surface area (Å²) in [4.78, 5) is 12.4. The molecule has 1 aromatic carbocycles. The van der Waals surface area contributed by atoms with Gasteiger partial charge in [0.25, 0.3) is 6.43 Å². The highest BCUT2D eigenvalue weighted by Crippen LogP contribution is 2.09. The molecule has 0 saturated heterocycles. The first-order chi connectivity index (χ1) is 8.52. The van der Waals surface area contributed by atoms with E-state index in [1.165, 1.54) is 4.90 Å². The molecule has 0 spiro atoms. The summed E-state index contributed by atoms with van der Waals surface area (Å²) >= 11 is 0. The van der Waals surface area contributed by atoms with E-state index in [1.807, 2.05) is 0 Å². The number of aliphatic hydroxyl groups excluding tert-OH is 1. The number of alkyl halides is 2. The zero-order valence-corrected chi connectivity index (χ0v) is 9.85. The Hall–Kier alpha value is -1.53. The van der Waals surface area contributed by atoms with Crippen molar-refractivity contribution in [2.75, 3.05) is 19.7 Å². The van der Waals surface area contributed by atoms with Crippen molar-refractivity contribution in [1.29, 1.82) is 0 Å². The Balaban J connectivity index is 2.73. The molecule has 0 radical (unpaired) electrons. The second-order valence-corrected chi connectivity index (χ2v) is 3.91. The number of nitrogens with zero attached hydrogens (tertiary/aromatic N) is 1. The Bertz CT molecular complexity index is 399. The van der Waals surface area contributed by atoms with E-state index in [4.69, 9.17) is 10.8 Å². The highest BCUT2D eigenvalue weighted by Gasteiger charge is 2.12. The quantitative estimate of drug-likeness (QED) is 0.761. The second kappa shape index (κ2) is 7.03. The molecule has 0 aliphatic rings. The Morgan fingerprint density at radius 2 is 2.17 bits per heavy atom. The first-order valence-corrected chi connectivity index (χ1v) is 5.53. The van der Waals surface area contributed by atoms with Crippen molar-refractivity contribution in [2.45, 2.75) is 13.0 Å². The SMILES string of the molecule is NC(=O)c1cccc(CN(CCO)CC(F)F)c1. The average Bonchev–Trinajstić information content (AvgIpc) is 2.28. The summed E-state index contributed by atoms with van der Waals surface area (Å²) in [5.41, 5.74) is 6.19. The van der Waals surface area contributed by atoms with Crippen LogP contribution in [0.15, 0.2) is 24.3 Å². The minimum Gasteiger partial charge on any atom is -0.395 e. The lowest BCUT2D eigenvalue weighted by Gasteiger charge is -2.20. The van der Waals surface area contributed by atoms with Crippen molar-refractivity contribution in [3.05, 3.63) is 35.4 Å². The van der Waals surface area contributed by atoms with Gasteiger partial charge in [-0.1, -0.05) is 12.1 Å². The van der Waals surface area contributed by atoms with Gasteiger partial charge in [-0.2, -0.15) is 0 Å².